The molecule has 4 rings (SSSR count). The van der Waals surface area contributed by atoms with Gasteiger partial charge in [-0.05, 0) is 29.2 Å². The minimum atomic E-state index is -0.673. The molecule has 0 aromatic heterocycles. The van der Waals surface area contributed by atoms with Crippen LogP contribution in [-0.2, 0) is 4.79 Å². The highest BCUT2D eigenvalue weighted by molar-refractivity contribution is 8.27. The molecule has 1 heterocycles. The molecule has 0 atom stereocenters. The number of carbonyl (C=O) groups excluding carboxylic acids is 1. The highest BCUT2D eigenvalue weighted by Crippen LogP contribution is 2.39. The van der Waals surface area contributed by atoms with Gasteiger partial charge in [-0.25, -0.2) is 0 Å². The zero-order valence-electron chi connectivity index (χ0n) is 14.2. The number of thioether (sulfide) groups is 1. The van der Waals surface area contributed by atoms with Crippen molar-refractivity contribution in [2.75, 3.05) is 4.90 Å². The predicted molar refractivity (Wildman–Crippen MR) is 114 cm³/mol. The lowest BCUT2D eigenvalue weighted by Crippen LogP contribution is -2.27. The van der Waals surface area contributed by atoms with E-state index in [2.05, 4.69) is 0 Å². The van der Waals surface area contributed by atoms with Crippen molar-refractivity contribution < 1.29 is 14.8 Å². The average Bonchev–Trinajstić information content (AvgIpc) is 2.96. The Morgan fingerprint density at radius 2 is 1.86 bits per heavy atom. The molecule has 28 heavy (non-hydrogen) atoms. The number of rotatable bonds is 3. The first-order valence-electron chi connectivity index (χ1n) is 8.19. The van der Waals surface area contributed by atoms with E-state index in [9.17, 15) is 20.0 Å². The number of carbonyl (C=O) groups is 1. The average molecular weight is 408 g/mol. The Balaban J connectivity index is 1.75. The van der Waals surface area contributed by atoms with Gasteiger partial charge in [0.2, 0.25) is 0 Å². The summed E-state index contributed by atoms with van der Waals surface area (Å²) >= 11 is 6.56. The number of nitro groups is 1. The van der Waals surface area contributed by atoms with E-state index in [1.165, 1.54) is 29.2 Å². The third-order valence-electron chi connectivity index (χ3n) is 4.30. The summed E-state index contributed by atoms with van der Waals surface area (Å²) in [4.78, 5) is 25.2. The van der Waals surface area contributed by atoms with Crippen LogP contribution in [0.15, 0.2) is 65.6 Å². The van der Waals surface area contributed by atoms with Crippen LogP contribution in [0, 0.1) is 10.1 Å². The number of aromatic hydroxyl groups is 1. The molecule has 6 nitrogen and oxygen atoms in total. The van der Waals surface area contributed by atoms with Crippen LogP contribution >= 0.6 is 24.0 Å². The Bertz CT molecular complexity index is 1180. The van der Waals surface area contributed by atoms with Gasteiger partial charge in [-0.3, -0.25) is 19.8 Å². The summed E-state index contributed by atoms with van der Waals surface area (Å²) in [6.45, 7) is 0. The van der Waals surface area contributed by atoms with Crippen LogP contribution in [0.2, 0.25) is 0 Å². The highest BCUT2D eigenvalue weighted by atomic mass is 32.2. The highest BCUT2D eigenvalue weighted by Gasteiger charge is 2.34. The minimum absolute atomic E-state index is 0.290. The van der Waals surface area contributed by atoms with Crippen molar-refractivity contribution in [3.05, 3.63) is 81.2 Å². The van der Waals surface area contributed by atoms with E-state index in [0.29, 0.717) is 20.5 Å². The largest absolute Gasteiger partial charge is 0.502 e. The third-order valence-corrected chi connectivity index (χ3v) is 5.60. The fourth-order valence-electron chi connectivity index (χ4n) is 3.01. The summed E-state index contributed by atoms with van der Waals surface area (Å²) in [7, 11) is 0. The normalized spacial score (nSPS) is 15.6. The summed E-state index contributed by atoms with van der Waals surface area (Å²) in [5.41, 5.74) is 0.710. The fraction of sp³-hybridized carbons (Fsp3) is 0. The molecule has 3 aromatic rings. The van der Waals surface area contributed by atoms with Gasteiger partial charge >= 0.3 is 5.69 Å². The van der Waals surface area contributed by atoms with Gasteiger partial charge in [-0.15, -0.1) is 0 Å². The molecule has 1 amide bonds. The zero-order chi connectivity index (χ0) is 19.8. The van der Waals surface area contributed by atoms with Crippen molar-refractivity contribution in [2.45, 2.75) is 0 Å². The van der Waals surface area contributed by atoms with E-state index in [-0.39, 0.29) is 5.91 Å². The second-order valence-corrected chi connectivity index (χ2v) is 7.70. The zero-order valence-corrected chi connectivity index (χ0v) is 15.9. The van der Waals surface area contributed by atoms with Crippen LogP contribution in [0.1, 0.15) is 5.56 Å². The Labute approximate surface area is 169 Å². The minimum Gasteiger partial charge on any atom is -0.502 e. The maximum atomic E-state index is 13.0. The summed E-state index contributed by atoms with van der Waals surface area (Å²) in [6.07, 6.45) is 1.54. The van der Waals surface area contributed by atoms with E-state index < -0.39 is 16.4 Å². The number of benzene rings is 3. The predicted octanol–water partition coefficient (Wildman–Crippen LogP) is 4.86. The molecule has 3 aromatic carbocycles. The van der Waals surface area contributed by atoms with Gasteiger partial charge in [0.25, 0.3) is 5.91 Å². The van der Waals surface area contributed by atoms with Gasteiger partial charge in [0.1, 0.15) is 0 Å². The SMILES string of the molecule is O=C1/C(=C/c2ccc(O)c([N+](=O)[O-])c2)SC(=S)N1c1cccc2ccccc12. The van der Waals surface area contributed by atoms with E-state index in [1.54, 1.807) is 0 Å². The Morgan fingerprint density at radius 1 is 1.11 bits per heavy atom. The summed E-state index contributed by atoms with van der Waals surface area (Å²) in [5.74, 6) is -0.715. The molecule has 0 aliphatic carbocycles. The number of phenols is 1. The number of thiocarbonyl (C=S) groups is 1. The van der Waals surface area contributed by atoms with Crippen molar-refractivity contribution in [1.29, 1.82) is 0 Å². The first-order valence-corrected chi connectivity index (χ1v) is 9.41. The van der Waals surface area contributed by atoms with Crippen molar-refractivity contribution in [1.82, 2.24) is 0 Å². The smallest absolute Gasteiger partial charge is 0.311 e. The lowest BCUT2D eigenvalue weighted by Gasteiger charge is -2.17. The number of hydrogen-bond acceptors (Lipinski definition) is 6. The van der Waals surface area contributed by atoms with Gasteiger partial charge in [0, 0.05) is 11.5 Å². The number of phenolic OH excluding ortho intramolecular Hbond substituents is 1. The molecule has 8 heteroatoms. The Kier molecular flexibility index (Phi) is 4.58. The van der Waals surface area contributed by atoms with E-state index in [1.807, 2.05) is 42.5 Å². The molecular formula is C20H12N2O4S2. The monoisotopic (exact) mass is 408 g/mol. The molecule has 0 unspecified atom stereocenters. The lowest BCUT2D eigenvalue weighted by atomic mass is 10.1. The quantitative estimate of drug-likeness (QED) is 0.288. The maximum absolute atomic E-state index is 13.0. The Hall–Kier alpha value is -3.23. The Morgan fingerprint density at radius 3 is 2.64 bits per heavy atom. The summed E-state index contributed by atoms with van der Waals surface area (Å²) in [6, 6.07) is 17.3. The van der Waals surface area contributed by atoms with Crippen LogP contribution < -0.4 is 4.90 Å². The number of nitrogens with zero attached hydrogens (tertiary/aromatic N) is 2. The van der Waals surface area contributed by atoms with E-state index in [0.717, 1.165) is 22.5 Å². The van der Waals surface area contributed by atoms with Crippen molar-refractivity contribution in [2.24, 2.45) is 0 Å². The third kappa shape index (κ3) is 3.12. The topological polar surface area (TPSA) is 83.7 Å². The summed E-state index contributed by atoms with van der Waals surface area (Å²) < 4.78 is 0.390. The van der Waals surface area contributed by atoms with Crippen LogP contribution in [0.25, 0.3) is 16.8 Å². The number of nitro benzene ring substituents is 1. The number of hydrogen-bond donors (Lipinski definition) is 1. The van der Waals surface area contributed by atoms with E-state index >= 15 is 0 Å². The fourth-order valence-corrected chi connectivity index (χ4v) is 4.29. The molecule has 1 fully saturated rings. The van der Waals surface area contributed by atoms with Gasteiger partial charge in [-0.2, -0.15) is 0 Å². The second-order valence-electron chi connectivity index (χ2n) is 6.02. The number of fused-ring (bicyclic) bond motifs is 1. The van der Waals surface area contributed by atoms with Crippen molar-refractivity contribution in [3.8, 4) is 5.75 Å². The first-order chi connectivity index (χ1) is 13.5. The summed E-state index contributed by atoms with van der Waals surface area (Å²) in [5, 5.41) is 22.5. The van der Waals surface area contributed by atoms with Gasteiger partial charge in [-0.1, -0.05) is 66.4 Å². The molecular weight excluding hydrogens is 396 g/mol. The van der Waals surface area contributed by atoms with Crippen LogP contribution in [-0.4, -0.2) is 20.3 Å². The second kappa shape index (κ2) is 7.06. The molecule has 1 aliphatic heterocycles. The number of anilines is 1. The molecule has 0 radical (unpaired) electrons. The molecule has 1 saturated heterocycles. The standard InChI is InChI=1S/C20H12N2O4S2/c23-17-9-8-12(10-16(17)22(25)26)11-18-19(24)21(20(27)28-18)15-7-3-5-13-4-1-2-6-14(13)15/h1-11,23H/b18-11-. The molecule has 1 N–H and O–H groups in total. The van der Waals surface area contributed by atoms with Crippen LogP contribution in [0.3, 0.4) is 0 Å². The molecule has 1 aliphatic rings. The van der Waals surface area contributed by atoms with Crippen LogP contribution in [0.5, 0.6) is 5.75 Å². The maximum Gasteiger partial charge on any atom is 0.311 e. The molecule has 0 spiro atoms. The lowest BCUT2D eigenvalue weighted by molar-refractivity contribution is -0.385. The molecule has 0 bridgehead atoms. The molecule has 0 saturated carbocycles. The van der Waals surface area contributed by atoms with Crippen molar-refractivity contribution >= 4 is 62.4 Å². The number of amides is 1. The van der Waals surface area contributed by atoms with Crippen LogP contribution in [0.4, 0.5) is 11.4 Å². The first kappa shape index (κ1) is 18.1. The van der Waals surface area contributed by atoms with Crippen molar-refractivity contribution in [3.63, 3.8) is 0 Å². The van der Waals surface area contributed by atoms with Gasteiger partial charge in [0.05, 0.1) is 15.5 Å². The van der Waals surface area contributed by atoms with Gasteiger partial charge in [0.15, 0.2) is 10.1 Å². The van der Waals surface area contributed by atoms with E-state index in [4.69, 9.17) is 12.2 Å². The molecule has 138 valence electrons. The van der Waals surface area contributed by atoms with Gasteiger partial charge < -0.3 is 5.11 Å².